The van der Waals surface area contributed by atoms with Gasteiger partial charge in [0.05, 0.1) is 0 Å². The first kappa shape index (κ1) is 6.92. The van der Waals surface area contributed by atoms with Crippen LogP contribution in [0.4, 0.5) is 0 Å². The average molecular weight is 140 g/mol. The Labute approximate surface area is 58.3 Å². The minimum Gasteiger partial charge on any atom is -0.477 e. The third-order valence-electron chi connectivity index (χ3n) is 1.26. The van der Waals surface area contributed by atoms with Crippen molar-refractivity contribution in [2.24, 2.45) is 16.1 Å². The molecule has 0 amide bonds. The van der Waals surface area contributed by atoms with Gasteiger partial charge in [-0.1, -0.05) is 6.92 Å². The smallest absolute Gasteiger partial charge is 0.352 e. The molecule has 1 atom stereocenters. The van der Waals surface area contributed by atoms with Crippen LogP contribution in [0.2, 0.25) is 0 Å². The van der Waals surface area contributed by atoms with Crippen LogP contribution < -0.4 is 0 Å². The summed E-state index contributed by atoms with van der Waals surface area (Å²) in [5.74, 6) is -0.771. The van der Waals surface area contributed by atoms with Crippen molar-refractivity contribution in [1.29, 1.82) is 0 Å². The zero-order chi connectivity index (χ0) is 7.56. The van der Waals surface area contributed by atoms with Crippen LogP contribution in [0.1, 0.15) is 13.3 Å². The van der Waals surface area contributed by atoms with Crippen molar-refractivity contribution in [3.05, 3.63) is 0 Å². The van der Waals surface area contributed by atoms with Crippen LogP contribution in [0, 0.1) is 5.92 Å². The van der Waals surface area contributed by atoms with Crippen LogP contribution in [0.25, 0.3) is 0 Å². The number of rotatable bonds is 1. The van der Waals surface area contributed by atoms with Gasteiger partial charge in [-0.05, 0) is 5.92 Å². The molecule has 0 spiro atoms. The van der Waals surface area contributed by atoms with Gasteiger partial charge < -0.3 is 5.11 Å². The summed E-state index contributed by atoms with van der Waals surface area (Å²) in [6.07, 6.45) is 2.13. The number of hydrogen-bond donors (Lipinski definition) is 1. The summed E-state index contributed by atoms with van der Waals surface area (Å²) in [5.41, 5.74) is 0.148. The van der Waals surface area contributed by atoms with Crippen molar-refractivity contribution >= 4 is 17.9 Å². The number of carboxylic acids is 1. The summed E-state index contributed by atoms with van der Waals surface area (Å²) in [4.78, 5) is 10.3. The van der Waals surface area contributed by atoms with E-state index in [-0.39, 0.29) is 11.6 Å². The molecule has 10 heavy (non-hydrogen) atoms. The van der Waals surface area contributed by atoms with Crippen molar-refractivity contribution in [3.8, 4) is 0 Å². The van der Waals surface area contributed by atoms with E-state index >= 15 is 0 Å². The van der Waals surface area contributed by atoms with Crippen molar-refractivity contribution in [2.45, 2.75) is 13.3 Å². The number of carbonyl (C=O) groups is 1. The summed E-state index contributed by atoms with van der Waals surface area (Å²) < 4.78 is 0. The van der Waals surface area contributed by atoms with E-state index in [0.717, 1.165) is 0 Å². The Morgan fingerprint density at radius 2 is 2.60 bits per heavy atom. The van der Waals surface area contributed by atoms with Gasteiger partial charge in [0.15, 0.2) is 0 Å². The van der Waals surface area contributed by atoms with Crippen molar-refractivity contribution in [1.82, 2.24) is 0 Å². The molecule has 0 aromatic rings. The fourth-order valence-corrected chi connectivity index (χ4v) is 0.745. The van der Waals surface area contributed by atoms with E-state index in [1.54, 1.807) is 6.21 Å². The van der Waals surface area contributed by atoms with E-state index in [0.29, 0.717) is 6.42 Å². The van der Waals surface area contributed by atoms with Gasteiger partial charge in [0.1, 0.15) is 5.71 Å². The maximum absolute atomic E-state index is 10.3. The van der Waals surface area contributed by atoms with Gasteiger partial charge in [-0.15, -0.1) is 5.10 Å². The van der Waals surface area contributed by atoms with E-state index in [1.165, 1.54) is 0 Å². The summed E-state index contributed by atoms with van der Waals surface area (Å²) in [6.45, 7) is 1.90. The molecule has 4 nitrogen and oxygen atoms in total. The van der Waals surface area contributed by atoms with Gasteiger partial charge in [0.2, 0.25) is 0 Å². The van der Waals surface area contributed by atoms with Crippen molar-refractivity contribution in [2.75, 3.05) is 0 Å². The number of aliphatic carboxylic acids is 1. The minimum absolute atomic E-state index is 0.148. The highest BCUT2D eigenvalue weighted by atomic mass is 16.4. The normalized spacial score (nSPS) is 24.1. The molecule has 54 valence electrons. The second-order valence-corrected chi connectivity index (χ2v) is 2.30. The molecule has 0 saturated carbocycles. The molecule has 0 radical (unpaired) electrons. The first-order valence-corrected chi connectivity index (χ1v) is 3.03. The molecular formula is C6H8N2O2. The zero-order valence-electron chi connectivity index (χ0n) is 5.61. The third kappa shape index (κ3) is 1.40. The van der Waals surface area contributed by atoms with Gasteiger partial charge >= 0.3 is 5.97 Å². The molecule has 1 rings (SSSR count). The second-order valence-electron chi connectivity index (χ2n) is 2.30. The number of hydrogen-bond acceptors (Lipinski definition) is 3. The lowest BCUT2D eigenvalue weighted by atomic mass is 10.1. The van der Waals surface area contributed by atoms with Gasteiger partial charge in [-0.3, -0.25) is 0 Å². The summed E-state index contributed by atoms with van der Waals surface area (Å²) >= 11 is 0. The first-order chi connectivity index (χ1) is 4.70. The molecule has 1 N–H and O–H groups in total. The largest absolute Gasteiger partial charge is 0.477 e. The minimum atomic E-state index is -0.969. The van der Waals surface area contributed by atoms with Crippen LogP contribution in [-0.2, 0) is 4.79 Å². The van der Waals surface area contributed by atoms with Crippen LogP contribution in [-0.4, -0.2) is 23.0 Å². The first-order valence-electron chi connectivity index (χ1n) is 3.03. The maximum atomic E-state index is 10.3. The maximum Gasteiger partial charge on any atom is 0.352 e. The molecule has 1 unspecified atom stereocenters. The summed E-state index contributed by atoms with van der Waals surface area (Å²) in [5, 5.41) is 15.5. The average Bonchev–Trinajstić information content (AvgIpc) is 1.88. The monoisotopic (exact) mass is 140 g/mol. The molecule has 0 saturated heterocycles. The van der Waals surface area contributed by atoms with E-state index in [2.05, 4.69) is 10.2 Å². The molecule has 1 aliphatic rings. The van der Waals surface area contributed by atoms with Crippen molar-refractivity contribution < 1.29 is 9.90 Å². The van der Waals surface area contributed by atoms with E-state index in [9.17, 15) is 4.79 Å². The van der Waals surface area contributed by atoms with Crippen LogP contribution >= 0.6 is 0 Å². The fraction of sp³-hybridized carbons (Fsp3) is 0.500. The molecule has 1 aliphatic heterocycles. The molecule has 0 bridgehead atoms. The van der Waals surface area contributed by atoms with E-state index in [4.69, 9.17) is 5.11 Å². The Morgan fingerprint density at radius 3 is 3.00 bits per heavy atom. The summed E-state index contributed by atoms with van der Waals surface area (Å²) in [6, 6.07) is 0. The number of nitrogens with zero attached hydrogens (tertiary/aromatic N) is 2. The molecule has 0 aromatic heterocycles. The highest BCUT2D eigenvalue weighted by Crippen LogP contribution is 2.05. The summed E-state index contributed by atoms with van der Waals surface area (Å²) in [7, 11) is 0. The van der Waals surface area contributed by atoms with Crippen LogP contribution in [0.3, 0.4) is 0 Å². The van der Waals surface area contributed by atoms with Crippen molar-refractivity contribution in [3.63, 3.8) is 0 Å². The standard InChI is InChI=1S/C6H8N2O2/c1-4-2-5(6(9)10)8-7-3-4/h3-4H,2H2,1H3,(H,9,10). The third-order valence-corrected chi connectivity index (χ3v) is 1.26. The predicted octanol–water partition coefficient (Wildman–Crippen LogP) is 0.538. The second kappa shape index (κ2) is 2.60. The Morgan fingerprint density at radius 1 is 1.90 bits per heavy atom. The topological polar surface area (TPSA) is 62.0 Å². The van der Waals surface area contributed by atoms with E-state index < -0.39 is 5.97 Å². The lowest BCUT2D eigenvalue weighted by molar-refractivity contribution is -0.129. The Kier molecular flexibility index (Phi) is 1.80. The van der Waals surface area contributed by atoms with E-state index in [1.807, 2.05) is 6.92 Å². The predicted molar refractivity (Wildman–Crippen MR) is 37.3 cm³/mol. The molecule has 4 heteroatoms. The molecular weight excluding hydrogens is 132 g/mol. The Hall–Kier alpha value is -1.19. The lowest BCUT2D eigenvalue weighted by Gasteiger charge is -2.06. The van der Waals surface area contributed by atoms with Gasteiger partial charge in [0.25, 0.3) is 0 Å². The quantitative estimate of drug-likeness (QED) is 0.577. The number of carboxylic acid groups (broad SMARTS) is 1. The molecule has 0 fully saturated rings. The van der Waals surface area contributed by atoms with Gasteiger partial charge in [-0.2, -0.15) is 5.10 Å². The van der Waals surface area contributed by atoms with Gasteiger partial charge in [0, 0.05) is 12.6 Å². The lowest BCUT2D eigenvalue weighted by Crippen LogP contribution is -2.19. The molecule has 0 aromatic carbocycles. The van der Waals surface area contributed by atoms with Crippen LogP contribution in [0.15, 0.2) is 10.2 Å². The molecule has 1 heterocycles. The highest BCUT2D eigenvalue weighted by Gasteiger charge is 2.15. The molecule has 0 aliphatic carbocycles. The fourth-order valence-electron chi connectivity index (χ4n) is 0.745. The zero-order valence-corrected chi connectivity index (χ0v) is 5.61. The van der Waals surface area contributed by atoms with Crippen LogP contribution in [0.5, 0.6) is 0 Å². The highest BCUT2D eigenvalue weighted by molar-refractivity contribution is 6.36. The van der Waals surface area contributed by atoms with Gasteiger partial charge in [-0.25, -0.2) is 4.79 Å². The SMILES string of the molecule is CC1C=NN=C(C(=O)O)C1. The Balaban J connectivity index is 2.71. The Bertz CT molecular complexity index is 208.